The lowest BCUT2D eigenvalue weighted by molar-refractivity contribution is 0.317. The molecule has 0 spiro atoms. The topological polar surface area (TPSA) is 52.5 Å². The maximum Gasteiger partial charge on any atom is 0.137 e. The summed E-state index contributed by atoms with van der Waals surface area (Å²) in [5, 5.41) is 0. The first-order chi connectivity index (χ1) is 11.2. The van der Waals surface area contributed by atoms with E-state index in [9.17, 15) is 0 Å². The molecule has 3 aromatic rings. The summed E-state index contributed by atoms with van der Waals surface area (Å²) in [6, 6.07) is 13.9. The van der Waals surface area contributed by atoms with Gasteiger partial charge in [-0.3, -0.25) is 0 Å². The predicted molar refractivity (Wildman–Crippen MR) is 96.9 cm³/mol. The van der Waals surface area contributed by atoms with Gasteiger partial charge in [0.05, 0.1) is 23.0 Å². The first-order valence-corrected chi connectivity index (χ1v) is 8.07. The van der Waals surface area contributed by atoms with Gasteiger partial charge in [-0.1, -0.05) is 25.2 Å². The van der Waals surface area contributed by atoms with Crippen molar-refractivity contribution < 1.29 is 4.74 Å². The number of nitrogens with two attached hydrogens (primary N) is 1. The van der Waals surface area contributed by atoms with Crippen molar-refractivity contribution in [2.24, 2.45) is 5.73 Å². The van der Waals surface area contributed by atoms with Gasteiger partial charge in [0.2, 0.25) is 0 Å². The van der Waals surface area contributed by atoms with Gasteiger partial charge < -0.3 is 14.9 Å². The largest absolute Gasteiger partial charge is 0.494 e. The lowest BCUT2D eigenvalue weighted by Crippen LogP contribution is -2.13. The summed E-state index contributed by atoms with van der Waals surface area (Å²) >= 11 is 5.10. The molecule has 0 saturated heterocycles. The SMILES string of the molecule is CCCOc1ccc(-c2nc3ccccn3c2CC(N)=S)cc1. The Morgan fingerprint density at radius 2 is 2.00 bits per heavy atom. The van der Waals surface area contributed by atoms with Crippen LogP contribution in [0.4, 0.5) is 0 Å². The quantitative estimate of drug-likeness (QED) is 0.703. The molecule has 118 valence electrons. The number of hydrogen-bond acceptors (Lipinski definition) is 3. The minimum absolute atomic E-state index is 0.458. The number of nitrogens with zero attached hydrogens (tertiary/aromatic N) is 2. The van der Waals surface area contributed by atoms with Crippen LogP contribution in [-0.2, 0) is 6.42 Å². The maximum atomic E-state index is 5.77. The van der Waals surface area contributed by atoms with E-state index in [2.05, 4.69) is 6.92 Å². The van der Waals surface area contributed by atoms with Gasteiger partial charge in [0.25, 0.3) is 0 Å². The highest BCUT2D eigenvalue weighted by Gasteiger charge is 2.14. The average molecular weight is 325 g/mol. The Kier molecular flexibility index (Phi) is 4.57. The Bertz CT molecular complexity index is 824. The highest BCUT2D eigenvalue weighted by Crippen LogP contribution is 2.27. The smallest absolute Gasteiger partial charge is 0.137 e. The van der Waals surface area contributed by atoms with E-state index in [1.54, 1.807) is 0 Å². The molecular formula is C18H19N3OS. The second kappa shape index (κ2) is 6.79. The fourth-order valence-corrected chi connectivity index (χ4v) is 2.68. The summed E-state index contributed by atoms with van der Waals surface area (Å²) in [4.78, 5) is 5.19. The number of imidazole rings is 1. The van der Waals surface area contributed by atoms with Crippen molar-refractivity contribution in [3.8, 4) is 17.0 Å². The third kappa shape index (κ3) is 3.35. The molecule has 0 aliphatic rings. The lowest BCUT2D eigenvalue weighted by atomic mass is 10.1. The molecule has 0 bridgehead atoms. The standard InChI is InChI=1S/C18H19N3OS/c1-2-11-22-14-8-6-13(7-9-14)18-15(12-16(19)23)21-10-4-3-5-17(21)20-18/h3-10H,2,11-12H2,1H3,(H2,19,23). The molecule has 0 aliphatic heterocycles. The van der Waals surface area contributed by atoms with Gasteiger partial charge in [0, 0.05) is 18.2 Å². The van der Waals surface area contributed by atoms with Crippen molar-refractivity contribution in [1.29, 1.82) is 0 Å². The molecule has 0 amide bonds. The zero-order valence-corrected chi connectivity index (χ0v) is 13.8. The summed E-state index contributed by atoms with van der Waals surface area (Å²) in [5.74, 6) is 0.871. The molecule has 2 N–H and O–H groups in total. The summed E-state index contributed by atoms with van der Waals surface area (Å²) in [7, 11) is 0. The van der Waals surface area contributed by atoms with E-state index in [1.807, 2.05) is 53.1 Å². The molecule has 5 heteroatoms. The molecule has 1 aromatic carbocycles. The second-order valence-electron chi connectivity index (χ2n) is 5.35. The summed E-state index contributed by atoms with van der Waals surface area (Å²) < 4.78 is 7.67. The van der Waals surface area contributed by atoms with E-state index in [-0.39, 0.29) is 0 Å². The monoisotopic (exact) mass is 325 g/mol. The number of fused-ring (bicyclic) bond motifs is 1. The van der Waals surface area contributed by atoms with Crippen molar-refractivity contribution in [2.45, 2.75) is 19.8 Å². The highest BCUT2D eigenvalue weighted by molar-refractivity contribution is 7.80. The van der Waals surface area contributed by atoms with Crippen molar-refractivity contribution in [3.05, 3.63) is 54.4 Å². The fraction of sp³-hybridized carbons (Fsp3) is 0.222. The zero-order valence-electron chi connectivity index (χ0n) is 13.0. The van der Waals surface area contributed by atoms with Crippen LogP contribution in [0.5, 0.6) is 5.75 Å². The molecule has 0 atom stereocenters. The van der Waals surface area contributed by atoms with E-state index < -0.39 is 0 Å². The molecule has 2 heterocycles. The number of pyridine rings is 1. The van der Waals surface area contributed by atoms with E-state index in [0.29, 0.717) is 11.4 Å². The zero-order chi connectivity index (χ0) is 16.2. The molecular weight excluding hydrogens is 306 g/mol. The summed E-state index contributed by atoms with van der Waals surface area (Å²) in [6.45, 7) is 2.81. The normalized spacial score (nSPS) is 10.8. The van der Waals surface area contributed by atoms with Crippen LogP contribution in [-0.4, -0.2) is 21.0 Å². The van der Waals surface area contributed by atoms with Gasteiger partial charge >= 0.3 is 0 Å². The van der Waals surface area contributed by atoms with Crippen LogP contribution >= 0.6 is 12.2 Å². The third-order valence-electron chi connectivity index (χ3n) is 3.57. The highest BCUT2D eigenvalue weighted by atomic mass is 32.1. The Labute approximate surface area is 140 Å². The Morgan fingerprint density at radius 3 is 2.70 bits per heavy atom. The van der Waals surface area contributed by atoms with E-state index in [4.69, 9.17) is 27.7 Å². The Balaban J connectivity index is 2.02. The van der Waals surface area contributed by atoms with Gasteiger partial charge in [-0.15, -0.1) is 0 Å². The first kappa shape index (κ1) is 15.5. The molecule has 2 aromatic heterocycles. The first-order valence-electron chi connectivity index (χ1n) is 7.66. The van der Waals surface area contributed by atoms with Crippen LogP contribution < -0.4 is 10.5 Å². The van der Waals surface area contributed by atoms with Crippen LogP contribution in [0.3, 0.4) is 0 Å². The summed E-state index contributed by atoms with van der Waals surface area (Å²) in [6.07, 6.45) is 3.49. The van der Waals surface area contributed by atoms with Crippen LogP contribution in [0.1, 0.15) is 19.0 Å². The van der Waals surface area contributed by atoms with Crippen LogP contribution in [0.15, 0.2) is 48.7 Å². The van der Waals surface area contributed by atoms with Gasteiger partial charge in [-0.25, -0.2) is 4.98 Å². The van der Waals surface area contributed by atoms with Crippen molar-refractivity contribution >= 4 is 22.9 Å². The number of rotatable bonds is 6. The number of ether oxygens (including phenoxy) is 1. The molecule has 3 rings (SSSR count). The number of aromatic nitrogens is 2. The van der Waals surface area contributed by atoms with Crippen LogP contribution in [0.2, 0.25) is 0 Å². The minimum atomic E-state index is 0.458. The molecule has 23 heavy (non-hydrogen) atoms. The summed E-state index contributed by atoms with van der Waals surface area (Å²) in [5.41, 5.74) is 9.61. The van der Waals surface area contributed by atoms with Gasteiger partial charge in [-0.2, -0.15) is 0 Å². The molecule has 0 fully saturated rings. The second-order valence-corrected chi connectivity index (χ2v) is 5.88. The maximum absolute atomic E-state index is 5.77. The molecule has 4 nitrogen and oxygen atoms in total. The van der Waals surface area contributed by atoms with Crippen molar-refractivity contribution in [1.82, 2.24) is 9.38 Å². The third-order valence-corrected chi connectivity index (χ3v) is 3.72. The number of thiocarbonyl (C=S) groups is 1. The average Bonchev–Trinajstić information content (AvgIpc) is 2.92. The molecule has 0 saturated carbocycles. The molecule has 0 radical (unpaired) electrons. The van der Waals surface area contributed by atoms with Crippen molar-refractivity contribution in [3.63, 3.8) is 0 Å². The van der Waals surface area contributed by atoms with E-state index >= 15 is 0 Å². The fourth-order valence-electron chi connectivity index (χ4n) is 2.54. The van der Waals surface area contributed by atoms with Gasteiger partial charge in [0.1, 0.15) is 11.4 Å². The number of benzene rings is 1. The Morgan fingerprint density at radius 1 is 1.22 bits per heavy atom. The van der Waals surface area contributed by atoms with Crippen molar-refractivity contribution in [2.75, 3.05) is 6.61 Å². The van der Waals surface area contributed by atoms with E-state index in [1.165, 1.54) is 0 Å². The lowest BCUT2D eigenvalue weighted by Gasteiger charge is -2.07. The minimum Gasteiger partial charge on any atom is -0.494 e. The Hall–Kier alpha value is -2.40. The van der Waals surface area contributed by atoms with Gasteiger partial charge in [0.15, 0.2) is 0 Å². The number of hydrogen-bond donors (Lipinski definition) is 1. The molecule has 0 aliphatic carbocycles. The van der Waals surface area contributed by atoms with Gasteiger partial charge in [-0.05, 0) is 42.8 Å². The molecule has 0 unspecified atom stereocenters. The van der Waals surface area contributed by atoms with Crippen LogP contribution in [0.25, 0.3) is 16.9 Å². The van der Waals surface area contributed by atoms with Crippen LogP contribution in [0, 0.1) is 0 Å². The predicted octanol–water partition coefficient (Wildman–Crippen LogP) is 3.62. The van der Waals surface area contributed by atoms with E-state index in [0.717, 1.165) is 41.4 Å².